The lowest BCUT2D eigenvalue weighted by Gasteiger charge is -2.18. The quantitative estimate of drug-likeness (QED) is 0.456. The number of rotatable bonds is 9. The highest BCUT2D eigenvalue weighted by Crippen LogP contribution is 2.28. The number of thiazole rings is 1. The summed E-state index contributed by atoms with van der Waals surface area (Å²) in [4.78, 5) is 17.5. The van der Waals surface area contributed by atoms with E-state index in [-0.39, 0.29) is 18.5 Å². The molecule has 3 aromatic rings. The summed E-state index contributed by atoms with van der Waals surface area (Å²) in [5, 5.41) is 2.52. The van der Waals surface area contributed by atoms with Crippen LogP contribution in [0.4, 0.5) is 9.52 Å². The van der Waals surface area contributed by atoms with Gasteiger partial charge in [-0.2, -0.15) is 0 Å². The fourth-order valence-electron chi connectivity index (χ4n) is 2.74. The molecule has 1 amide bonds. The summed E-state index contributed by atoms with van der Waals surface area (Å²) >= 11 is 1.41. The maximum absolute atomic E-state index is 13.9. The molecule has 0 bridgehead atoms. The zero-order valence-electron chi connectivity index (χ0n) is 16.6. The Labute approximate surface area is 173 Å². The van der Waals surface area contributed by atoms with Crippen LogP contribution in [0.3, 0.4) is 0 Å². The first-order valence-corrected chi connectivity index (χ1v) is 10.1. The Morgan fingerprint density at radius 3 is 2.62 bits per heavy atom. The molecular formula is C22H23FN2O3S. The van der Waals surface area contributed by atoms with Crippen molar-refractivity contribution in [1.29, 1.82) is 0 Å². The summed E-state index contributed by atoms with van der Waals surface area (Å²) in [6, 6.07) is 12.0. The van der Waals surface area contributed by atoms with Crippen molar-refractivity contribution in [2.45, 2.75) is 40.0 Å². The van der Waals surface area contributed by atoms with Gasteiger partial charge in [0, 0.05) is 17.0 Å². The Morgan fingerprint density at radius 2 is 1.97 bits per heavy atom. The van der Waals surface area contributed by atoms with E-state index in [9.17, 15) is 9.18 Å². The van der Waals surface area contributed by atoms with Gasteiger partial charge in [-0.15, -0.1) is 11.3 Å². The highest BCUT2D eigenvalue weighted by Gasteiger charge is 2.13. The van der Waals surface area contributed by atoms with Gasteiger partial charge in [0.1, 0.15) is 23.9 Å². The highest BCUT2D eigenvalue weighted by molar-refractivity contribution is 7.13. The molecular weight excluding hydrogens is 391 g/mol. The van der Waals surface area contributed by atoms with Gasteiger partial charge in [-0.25, -0.2) is 9.37 Å². The van der Waals surface area contributed by atoms with Crippen molar-refractivity contribution in [3.63, 3.8) is 0 Å². The van der Waals surface area contributed by atoms with Gasteiger partial charge in [0.2, 0.25) is 6.41 Å². The molecule has 0 aliphatic carbocycles. The van der Waals surface area contributed by atoms with Crippen LogP contribution in [0.2, 0.25) is 0 Å². The zero-order chi connectivity index (χ0) is 20.8. The van der Waals surface area contributed by atoms with Crippen molar-refractivity contribution in [1.82, 2.24) is 4.98 Å². The van der Waals surface area contributed by atoms with Gasteiger partial charge in [0.05, 0.1) is 18.3 Å². The molecule has 0 atom stereocenters. The number of benzene rings is 2. The number of aromatic nitrogens is 1. The average Bonchev–Trinajstić information content (AvgIpc) is 3.11. The van der Waals surface area contributed by atoms with Crippen LogP contribution in [0.15, 0.2) is 47.8 Å². The molecule has 0 aliphatic heterocycles. The molecule has 0 unspecified atom stereocenters. The normalized spacial score (nSPS) is 10.8. The first kappa shape index (κ1) is 20.8. The van der Waals surface area contributed by atoms with Gasteiger partial charge in [-0.05, 0) is 44.5 Å². The fraction of sp³-hybridized carbons (Fsp3) is 0.273. The maximum Gasteiger partial charge on any atom is 0.216 e. The third-order valence-corrected chi connectivity index (χ3v) is 4.99. The Morgan fingerprint density at radius 1 is 1.21 bits per heavy atom. The molecule has 152 valence electrons. The summed E-state index contributed by atoms with van der Waals surface area (Å²) in [5.41, 5.74) is 2.16. The molecule has 0 saturated heterocycles. The molecule has 0 fully saturated rings. The molecule has 3 rings (SSSR count). The van der Waals surface area contributed by atoms with E-state index >= 15 is 0 Å². The zero-order valence-corrected chi connectivity index (χ0v) is 17.4. The average molecular weight is 415 g/mol. The third-order valence-electron chi connectivity index (χ3n) is 4.00. The first-order chi connectivity index (χ1) is 13.9. The van der Waals surface area contributed by atoms with Gasteiger partial charge in [-0.1, -0.05) is 18.2 Å². The van der Waals surface area contributed by atoms with Crippen LogP contribution in [0, 0.1) is 12.7 Å². The largest absolute Gasteiger partial charge is 0.491 e. The van der Waals surface area contributed by atoms with E-state index in [4.69, 9.17) is 9.47 Å². The second kappa shape index (κ2) is 9.52. The standard InChI is InChI=1S/C22H23FN2O3S/c1-15(2)28-20-9-17(11-25(14-26)22-24-16(3)13-29-22)8-19(10-20)27-12-18-6-4-5-7-21(18)23/h4-10,13-15H,11-12H2,1-3H3. The van der Waals surface area contributed by atoms with Crippen molar-refractivity contribution in [3.05, 3.63) is 70.5 Å². The van der Waals surface area contributed by atoms with Crippen LogP contribution in [0.5, 0.6) is 11.5 Å². The lowest BCUT2D eigenvalue weighted by molar-refractivity contribution is -0.107. The second-order valence-corrected chi connectivity index (χ2v) is 7.70. The van der Waals surface area contributed by atoms with Crippen LogP contribution >= 0.6 is 11.3 Å². The number of ether oxygens (including phenoxy) is 2. The van der Waals surface area contributed by atoms with Gasteiger partial charge in [0.25, 0.3) is 0 Å². The minimum atomic E-state index is -0.312. The van der Waals surface area contributed by atoms with Crippen LogP contribution in [0.1, 0.15) is 30.7 Å². The molecule has 7 heteroatoms. The lowest BCUT2D eigenvalue weighted by atomic mass is 10.2. The number of carbonyl (C=O) groups is 1. The Kier molecular flexibility index (Phi) is 6.82. The predicted molar refractivity (Wildman–Crippen MR) is 112 cm³/mol. The minimum absolute atomic E-state index is 0.0199. The fourth-order valence-corrected chi connectivity index (χ4v) is 3.51. The molecule has 1 aromatic heterocycles. The van der Waals surface area contributed by atoms with Gasteiger partial charge in [-0.3, -0.25) is 9.69 Å². The predicted octanol–water partition coefficient (Wildman–Crippen LogP) is 5.12. The highest BCUT2D eigenvalue weighted by atomic mass is 32.1. The molecule has 0 aliphatic rings. The number of nitrogens with zero attached hydrogens (tertiary/aromatic N) is 2. The van der Waals surface area contributed by atoms with Crippen LogP contribution in [-0.2, 0) is 17.9 Å². The molecule has 0 radical (unpaired) electrons. The van der Waals surface area contributed by atoms with Crippen LogP contribution in [-0.4, -0.2) is 17.5 Å². The molecule has 1 heterocycles. The topological polar surface area (TPSA) is 51.7 Å². The van der Waals surface area contributed by atoms with Crippen molar-refractivity contribution in [2.24, 2.45) is 0 Å². The van der Waals surface area contributed by atoms with E-state index in [0.717, 1.165) is 17.7 Å². The third kappa shape index (κ3) is 5.77. The Balaban J connectivity index is 1.82. The van der Waals surface area contributed by atoms with E-state index in [1.807, 2.05) is 38.3 Å². The summed E-state index contributed by atoms with van der Waals surface area (Å²) in [7, 11) is 0. The summed E-state index contributed by atoms with van der Waals surface area (Å²) in [6.07, 6.45) is 0.738. The number of carbonyl (C=O) groups excluding carboxylic acids is 1. The van der Waals surface area contributed by atoms with Crippen molar-refractivity contribution < 1.29 is 18.7 Å². The van der Waals surface area contributed by atoms with E-state index in [2.05, 4.69) is 4.98 Å². The summed E-state index contributed by atoms with van der Waals surface area (Å²) in [6.45, 7) is 6.17. The van der Waals surface area contributed by atoms with Crippen LogP contribution < -0.4 is 14.4 Å². The number of halogens is 1. The number of aryl methyl sites for hydroxylation is 1. The number of hydrogen-bond acceptors (Lipinski definition) is 5. The van der Waals surface area contributed by atoms with Gasteiger partial charge in [0.15, 0.2) is 5.13 Å². The van der Waals surface area contributed by atoms with E-state index in [1.54, 1.807) is 24.3 Å². The smallest absolute Gasteiger partial charge is 0.216 e. The maximum atomic E-state index is 13.9. The number of amides is 1. The van der Waals surface area contributed by atoms with Crippen molar-refractivity contribution >= 4 is 22.9 Å². The van der Waals surface area contributed by atoms with Crippen molar-refractivity contribution in [2.75, 3.05) is 4.90 Å². The summed E-state index contributed by atoms with van der Waals surface area (Å²) in [5.74, 6) is 0.860. The monoisotopic (exact) mass is 414 g/mol. The van der Waals surface area contributed by atoms with Crippen LogP contribution in [0.25, 0.3) is 0 Å². The minimum Gasteiger partial charge on any atom is -0.491 e. The van der Waals surface area contributed by atoms with Gasteiger partial charge >= 0.3 is 0 Å². The number of anilines is 1. The molecule has 2 aromatic carbocycles. The molecule has 0 saturated carbocycles. The summed E-state index contributed by atoms with van der Waals surface area (Å²) < 4.78 is 25.5. The molecule has 0 spiro atoms. The van der Waals surface area contributed by atoms with E-state index in [0.29, 0.717) is 28.7 Å². The lowest BCUT2D eigenvalue weighted by Crippen LogP contribution is -2.20. The van der Waals surface area contributed by atoms with Gasteiger partial charge < -0.3 is 9.47 Å². The molecule has 29 heavy (non-hydrogen) atoms. The SMILES string of the molecule is Cc1csc(N(C=O)Cc2cc(OCc3ccccc3F)cc(OC(C)C)c2)n1. The van der Waals surface area contributed by atoms with E-state index < -0.39 is 0 Å². The first-order valence-electron chi connectivity index (χ1n) is 9.25. The molecule has 5 nitrogen and oxygen atoms in total. The number of hydrogen-bond donors (Lipinski definition) is 0. The Bertz CT molecular complexity index is 974. The second-order valence-electron chi connectivity index (χ2n) is 6.86. The van der Waals surface area contributed by atoms with Crippen molar-refractivity contribution in [3.8, 4) is 11.5 Å². The van der Waals surface area contributed by atoms with E-state index in [1.165, 1.54) is 22.3 Å². The molecule has 0 N–H and O–H groups in total. The Hall–Kier alpha value is -2.93.